The van der Waals surface area contributed by atoms with Gasteiger partial charge >= 0.3 is 0 Å². The Hall–Kier alpha value is -0.510. The highest BCUT2D eigenvalue weighted by Crippen LogP contribution is 2.44. The summed E-state index contributed by atoms with van der Waals surface area (Å²) in [5.41, 5.74) is 4.66. The lowest BCUT2D eigenvalue weighted by molar-refractivity contribution is 0.215. The van der Waals surface area contributed by atoms with E-state index in [1.807, 2.05) is 11.8 Å². The van der Waals surface area contributed by atoms with Crippen molar-refractivity contribution < 1.29 is 0 Å². The van der Waals surface area contributed by atoms with Gasteiger partial charge in [-0.1, -0.05) is 38.0 Å². The summed E-state index contributed by atoms with van der Waals surface area (Å²) in [5.74, 6) is 9.34. The van der Waals surface area contributed by atoms with Crippen LogP contribution >= 0.6 is 11.8 Å². The maximum Gasteiger partial charge on any atom is 0.0315 e. The van der Waals surface area contributed by atoms with Crippen LogP contribution in [0.1, 0.15) is 44.1 Å². The number of thioether (sulfide) groups is 1. The zero-order valence-electron chi connectivity index (χ0n) is 11.6. The van der Waals surface area contributed by atoms with Crippen LogP contribution in [-0.4, -0.2) is 11.8 Å². The van der Waals surface area contributed by atoms with Gasteiger partial charge in [-0.2, -0.15) is 0 Å². The second-order valence-corrected chi connectivity index (χ2v) is 7.23. The van der Waals surface area contributed by atoms with Crippen molar-refractivity contribution in [1.82, 2.24) is 5.43 Å². The zero-order valence-corrected chi connectivity index (χ0v) is 12.5. The highest BCUT2D eigenvalue weighted by molar-refractivity contribution is 7.99. The van der Waals surface area contributed by atoms with Gasteiger partial charge in [-0.15, -0.1) is 11.8 Å². The van der Waals surface area contributed by atoms with Gasteiger partial charge in [-0.05, 0) is 36.3 Å². The molecule has 104 valence electrons. The van der Waals surface area contributed by atoms with Crippen LogP contribution in [0.15, 0.2) is 29.2 Å². The molecule has 1 saturated carbocycles. The molecule has 2 atom stereocenters. The van der Waals surface area contributed by atoms with Crippen molar-refractivity contribution in [3.63, 3.8) is 0 Å². The molecule has 1 heterocycles. The van der Waals surface area contributed by atoms with Gasteiger partial charge in [0, 0.05) is 22.6 Å². The predicted octanol–water partition coefficient (Wildman–Crippen LogP) is 3.53. The summed E-state index contributed by atoms with van der Waals surface area (Å²) in [6.07, 6.45) is 5.40. The molecule has 3 N–H and O–H groups in total. The molecule has 0 aromatic heterocycles. The topological polar surface area (TPSA) is 38.0 Å². The average Bonchev–Trinajstić information content (AvgIpc) is 2.86. The molecule has 1 aromatic rings. The van der Waals surface area contributed by atoms with Crippen LogP contribution in [-0.2, 0) is 0 Å². The fourth-order valence-corrected chi connectivity index (χ4v) is 5.02. The Morgan fingerprint density at radius 2 is 1.95 bits per heavy atom. The van der Waals surface area contributed by atoms with E-state index in [4.69, 9.17) is 5.84 Å². The highest BCUT2D eigenvalue weighted by Gasteiger charge is 2.35. The SMILES string of the molecule is CC1CCC(C(NN)C2CSc3ccccc32)CC1. The molecule has 3 rings (SSSR count). The van der Waals surface area contributed by atoms with E-state index in [9.17, 15) is 0 Å². The van der Waals surface area contributed by atoms with Gasteiger partial charge in [-0.25, -0.2) is 0 Å². The molecule has 1 aliphatic carbocycles. The second kappa shape index (κ2) is 5.86. The summed E-state index contributed by atoms with van der Waals surface area (Å²) in [5, 5.41) is 0. The summed E-state index contributed by atoms with van der Waals surface area (Å²) in [6, 6.07) is 9.28. The number of rotatable bonds is 3. The molecule has 2 nitrogen and oxygen atoms in total. The minimum absolute atomic E-state index is 0.448. The molecule has 1 aliphatic heterocycles. The third kappa shape index (κ3) is 2.69. The number of fused-ring (bicyclic) bond motifs is 1. The van der Waals surface area contributed by atoms with Crippen LogP contribution in [0.3, 0.4) is 0 Å². The Labute approximate surface area is 120 Å². The summed E-state index contributed by atoms with van der Waals surface area (Å²) in [4.78, 5) is 1.46. The van der Waals surface area contributed by atoms with E-state index in [0.29, 0.717) is 12.0 Å². The van der Waals surface area contributed by atoms with E-state index in [-0.39, 0.29) is 0 Å². The quantitative estimate of drug-likeness (QED) is 0.655. The summed E-state index contributed by atoms with van der Waals surface area (Å²) >= 11 is 1.99. The number of hydrogen-bond acceptors (Lipinski definition) is 3. The molecule has 1 aromatic carbocycles. The smallest absolute Gasteiger partial charge is 0.0315 e. The maximum atomic E-state index is 5.92. The molecule has 0 amide bonds. The standard InChI is InChI=1S/C16H24N2S/c1-11-6-8-12(9-7-11)16(18-17)14-10-19-15-5-3-2-4-13(14)15/h2-5,11-12,14,16,18H,6-10,17H2,1H3. The first-order valence-electron chi connectivity index (χ1n) is 7.47. The Kier molecular flexibility index (Phi) is 4.15. The van der Waals surface area contributed by atoms with Gasteiger partial charge in [-0.3, -0.25) is 11.3 Å². The Bertz CT molecular complexity index is 427. The molecule has 3 heteroatoms. The Morgan fingerprint density at radius 3 is 2.68 bits per heavy atom. The predicted molar refractivity (Wildman–Crippen MR) is 82.1 cm³/mol. The van der Waals surface area contributed by atoms with Crippen molar-refractivity contribution in [3.05, 3.63) is 29.8 Å². The van der Waals surface area contributed by atoms with Crippen LogP contribution in [0.2, 0.25) is 0 Å². The molecule has 1 fully saturated rings. The number of hydrazine groups is 1. The van der Waals surface area contributed by atoms with E-state index in [1.54, 1.807) is 0 Å². The van der Waals surface area contributed by atoms with Crippen molar-refractivity contribution in [2.24, 2.45) is 17.7 Å². The van der Waals surface area contributed by atoms with E-state index >= 15 is 0 Å². The second-order valence-electron chi connectivity index (χ2n) is 6.17. The van der Waals surface area contributed by atoms with Gasteiger partial charge in [0.2, 0.25) is 0 Å². The lowest BCUT2D eigenvalue weighted by Gasteiger charge is -2.35. The summed E-state index contributed by atoms with van der Waals surface area (Å²) in [6.45, 7) is 2.38. The largest absolute Gasteiger partial charge is 0.271 e. The fourth-order valence-electron chi connectivity index (χ4n) is 3.71. The van der Waals surface area contributed by atoms with Crippen LogP contribution in [0.25, 0.3) is 0 Å². The lowest BCUT2D eigenvalue weighted by atomic mass is 9.75. The first-order chi connectivity index (χ1) is 9.29. The Morgan fingerprint density at radius 1 is 1.21 bits per heavy atom. The number of hydrogen-bond donors (Lipinski definition) is 2. The first kappa shape index (κ1) is 13.5. The monoisotopic (exact) mass is 276 g/mol. The van der Waals surface area contributed by atoms with Gasteiger partial charge in [0.15, 0.2) is 0 Å². The molecule has 2 aliphatic rings. The van der Waals surface area contributed by atoms with Gasteiger partial charge in [0.25, 0.3) is 0 Å². The van der Waals surface area contributed by atoms with Crippen molar-refractivity contribution in [2.45, 2.75) is 49.5 Å². The van der Waals surface area contributed by atoms with Crippen molar-refractivity contribution >= 4 is 11.8 Å². The van der Waals surface area contributed by atoms with Crippen LogP contribution in [0.5, 0.6) is 0 Å². The van der Waals surface area contributed by atoms with Crippen LogP contribution in [0.4, 0.5) is 0 Å². The third-order valence-electron chi connectivity index (χ3n) is 4.93. The van der Waals surface area contributed by atoms with E-state index < -0.39 is 0 Å². The van der Waals surface area contributed by atoms with Gasteiger partial charge in [0.1, 0.15) is 0 Å². The minimum atomic E-state index is 0.448. The van der Waals surface area contributed by atoms with Crippen molar-refractivity contribution in [1.29, 1.82) is 0 Å². The Balaban J connectivity index is 1.76. The molecule has 0 bridgehead atoms. The molecular weight excluding hydrogens is 252 g/mol. The number of benzene rings is 1. The normalized spacial score (nSPS) is 32.0. The molecule has 0 spiro atoms. The third-order valence-corrected chi connectivity index (χ3v) is 6.14. The number of nitrogens with one attached hydrogen (secondary N) is 1. The van der Waals surface area contributed by atoms with Gasteiger partial charge in [0.05, 0.1) is 0 Å². The van der Waals surface area contributed by atoms with E-state index in [0.717, 1.165) is 11.8 Å². The summed E-state index contributed by atoms with van der Waals surface area (Å²) in [7, 11) is 0. The molecule has 19 heavy (non-hydrogen) atoms. The molecular formula is C16H24N2S. The molecule has 2 unspecified atom stereocenters. The molecule has 0 radical (unpaired) electrons. The van der Waals surface area contributed by atoms with Crippen molar-refractivity contribution in [3.8, 4) is 0 Å². The fraction of sp³-hybridized carbons (Fsp3) is 0.625. The van der Waals surface area contributed by atoms with Crippen molar-refractivity contribution in [2.75, 3.05) is 5.75 Å². The minimum Gasteiger partial charge on any atom is -0.271 e. The highest BCUT2D eigenvalue weighted by atomic mass is 32.2. The van der Waals surface area contributed by atoms with E-state index in [2.05, 4.69) is 36.6 Å². The van der Waals surface area contributed by atoms with Gasteiger partial charge < -0.3 is 0 Å². The number of nitrogens with two attached hydrogens (primary N) is 1. The zero-order chi connectivity index (χ0) is 13.2. The maximum absolute atomic E-state index is 5.92. The average molecular weight is 276 g/mol. The van der Waals surface area contributed by atoms with Crippen LogP contribution < -0.4 is 11.3 Å². The first-order valence-corrected chi connectivity index (χ1v) is 8.46. The lowest BCUT2D eigenvalue weighted by Crippen LogP contribution is -2.46. The molecule has 0 saturated heterocycles. The van der Waals surface area contributed by atoms with Crippen LogP contribution in [0, 0.1) is 11.8 Å². The van der Waals surface area contributed by atoms with E-state index in [1.165, 1.54) is 41.9 Å². The summed E-state index contributed by atoms with van der Waals surface area (Å²) < 4.78 is 0.